The summed E-state index contributed by atoms with van der Waals surface area (Å²) < 4.78 is 38.4. The smallest absolute Gasteiger partial charge is 0.248 e. The number of hydrogen-bond acceptors (Lipinski definition) is 7. The average Bonchev–Trinajstić information content (AvgIpc) is 3.35. The highest BCUT2D eigenvalue weighted by atomic mass is 32.2. The number of nitrogens with zero attached hydrogens (tertiary/aromatic N) is 4. The van der Waals surface area contributed by atoms with Crippen LogP contribution in [0, 0.1) is 0 Å². The van der Waals surface area contributed by atoms with Gasteiger partial charge < -0.3 is 19.3 Å². The van der Waals surface area contributed by atoms with Crippen LogP contribution in [0.2, 0.25) is 0 Å². The van der Waals surface area contributed by atoms with Crippen LogP contribution >= 0.6 is 0 Å². The zero-order chi connectivity index (χ0) is 27.8. The van der Waals surface area contributed by atoms with Crippen molar-refractivity contribution in [2.75, 3.05) is 73.7 Å². The normalized spacial score (nSPS) is 22.8. The summed E-state index contributed by atoms with van der Waals surface area (Å²) in [4.78, 5) is 19.8. The summed E-state index contributed by atoms with van der Waals surface area (Å²) in [6, 6.07) is 0.767. The third-order valence-electron chi connectivity index (χ3n) is 7.62. The van der Waals surface area contributed by atoms with Crippen molar-refractivity contribution >= 4 is 15.9 Å². The Labute approximate surface area is 224 Å². The molecule has 2 atom stereocenters. The molecular formula is C27H48N4O5S. The molecule has 2 aliphatic rings. The van der Waals surface area contributed by atoms with Crippen molar-refractivity contribution < 1.29 is 22.7 Å². The minimum absolute atomic E-state index is 0.0568. The van der Waals surface area contributed by atoms with E-state index in [-0.39, 0.29) is 36.6 Å². The lowest BCUT2D eigenvalue weighted by Crippen LogP contribution is -2.50. The summed E-state index contributed by atoms with van der Waals surface area (Å²) in [6.07, 6.45) is 4.81. The van der Waals surface area contributed by atoms with Gasteiger partial charge in [0, 0.05) is 58.9 Å². The van der Waals surface area contributed by atoms with Crippen LogP contribution in [-0.4, -0.2) is 119 Å². The zero-order valence-electron chi connectivity index (χ0n) is 24.0. The zero-order valence-corrected chi connectivity index (χ0v) is 24.8. The molecule has 1 aliphatic heterocycles. The number of rotatable bonds is 13. The van der Waals surface area contributed by atoms with Gasteiger partial charge in [-0.2, -0.15) is 4.31 Å². The van der Waals surface area contributed by atoms with Gasteiger partial charge in [-0.3, -0.25) is 9.69 Å². The van der Waals surface area contributed by atoms with E-state index in [1.165, 1.54) is 18.5 Å². The molecule has 2 rings (SSSR count). The number of amides is 1. The van der Waals surface area contributed by atoms with Gasteiger partial charge in [-0.05, 0) is 63.8 Å². The van der Waals surface area contributed by atoms with E-state index in [9.17, 15) is 13.2 Å². The molecule has 1 saturated heterocycles. The van der Waals surface area contributed by atoms with Gasteiger partial charge in [0.2, 0.25) is 15.9 Å². The van der Waals surface area contributed by atoms with Crippen LogP contribution in [-0.2, 0) is 24.3 Å². The maximum atomic E-state index is 13.2. The summed E-state index contributed by atoms with van der Waals surface area (Å²) in [6.45, 7) is 17.0. The maximum Gasteiger partial charge on any atom is 0.248 e. The van der Waals surface area contributed by atoms with Crippen molar-refractivity contribution in [2.45, 2.75) is 59.0 Å². The van der Waals surface area contributed by atoms with Gasteiger partial charge in [-0.15, -0.1) is 0 Å². The first-order valence-corrected chi connectivity index (χ1v) is 14.7. The quantitative estimate of drug-likeness (QED) is 0.202. The fourth-order valence-corrected chi connectivity index (χ4v) is 6.72. The predicted molar refractivity (Wildman–Crippen MR) is 149 cm³/mol. The first kappa shape index (κ1) is 31.5. The molecule has 0 aromatic carbocycles. The Morgan fingerprint density at radius 3 is 2.32 bits per heavy atom. The number of ether oxygens (including phenoxy) is 2. The Morgan fingerprint density at radius 2 is 1.76 bits per heavy atom. The minimum atomic E-state index is -3.78. The van der Waals surface area contributed by atoms with Crippen LogP contribution < -0.4 is 0 Å². The Morgan fingerprint density at radius 1 is 1.11 bits per heavy atom. The van der Waals surface area contributed by atoms with E-state index in [0.717, 1.165) is 52.0 Å². The Kier molecular flexibility index (Phi) is 12.3. The van der Waals surface area contributed by atoms with Gasteiger partial charge in [0.1, 0.15) is 6.61 Å². The molecule has 2 unspecified atom stereocenters. The van der Waals surface area contributed by atoms with Crippen molar-refractivity contribution in [2.24, 2.45) is 0 Å². The van der Waals surface area contributed by atoms with Crippen LogP contribution in [0.3, 0.4) is 0 Å². The second-order valence-electron chi connectivity index (χ2n) is 10.2. The maximum absolute atomic E-state index is 13.2. The lowest BCUT2D eigenvalue weighted by molar-refractivity contribution is -0.136. The van der Waals surface area contributed by atoms with Crippen LogP contribution in [0.1, 0.15) is 47.0 Å². The molecular weight excluding hydrogens is 492 g/mol. The highest BCUT2D eigenvalue weighted by Gasteiger charge is 2.34. The van der Waals surface area contributed by atoms with E-state index >= 15 is 0 Å². The van der Waals surface area contributed by atoms with Crippen LogP contribution in [0.5, 0.6) is 0 Å². The van der Waals surface area contributed by atoms with Gasteiger partial charge in [0.25, 0.3) is 0 Å². The van der Waals surface area contributed by atoms with Gasteiger partial charge in [-0.25, -0.2) is 8.42 Å². The number of hydrogen-bond donors (Lipinski definition) is 0. The highest BCUT2D eigenvalue weighted by molar-refractivity contribution is 7.93. The van der Waals surface area contributed by atoms with Gasteiger partial charge in [0.15, 0.2) is 0 Å². The second kappa shape index (κ2) is 14.4. The third kappa shape index (κ3) is 8.64. The van der Waals surface area contributed by atoms with Crippen molar-refractivity contribution in [3.05, 3.63) is 34.5 Å². The van der Waals surface area contributed by atoms with Crippen LogP contribution in [0.15, 0.2) is 34.5 Å². The van der Waals surface area contributed by atoms with Crippen molar-refractivity contribution in [1.82, 2.24) is 19.0 Å². The Bertz CT molecular complexity index is 954. The summed E-state index contributed by atoms with van der Waals surface area (Å²) in [7, 11) is 1.12. The standard InChI is InChI=1S/C27H48N4O5S/c1-9-30-12-14-31(15-13-30)25-11-10-24(19-25)29(7)26(32)20-36-17-16-28(6)37(33,34)27(21(2)3)22(4)18-23(5)35-8/h18,24-25H,2,9-17,19-20H2,1,3-8H3. The molecule has 10 heteroatoms. The summed E-state index contributed by atoms with van der Waals surface area (Å²) in [5, 5.41) is 0. The molecule has 1 amide bonds. The molecule has 1 heterocycles. The fraction of sp³-hybridized carbons (Fsp3) is 0.741. The Hall–Kier alpha value is -1.72. The number of methoxy groups -OCH3 is 1. The molecule has 1 saturated carbocycles. The van der Waals surface area contributed by atoms with E-state index in [1.807, 2.05) is 11.9 Å². The molecule has 2 fully saturated rings. The van der Waals surface area contributed by atoms with Crippen molar-refractivity contribution in [3.8, 4) is 0 Å². The summed E-state index contributed by atoms with van der Waals surface area (Å²) >= 11 is 0. The molecule has 0 bridgehead atoms. The molecule has 0 spiro atoms. The van der Waals surface area contributed by atoms with Gasteiger partial charge in [0.05, 0.1) is 24.4 Å². The number of sulfonamides is 1. The largest absolute Gasteiger partial charge is 0.501 e. The molecule has 212 valence electrons. The topological polar surface area (TPSA) is 82.6 Å². The minimum Gasteiger partial charge on any atom is -0.501 e. The van der Waals surface area contributed by atoms with Crippen molar-refractivity contribution in [3.63, 3.8) is 0 Å². The van der Waals surface area contributed by atoms with E-state index < -0.39 is 10.0 Å². The first-order valence-electron chi connectivity index (χ1n) is 13.3. The first-order chi connectivity index (χ1) is 17.4. The molecule has 1 aliphatic carbocycles. The van der Waals surface area contributed by atoms with E-state index in [2.05, 4.69) is 23.3 Å². The van der Waals surface area contributed by atoms with E-state index in [1.54, 1.807) is 26.8 Å². The third-order valence-corrected chi connectivity index (χ3v) is 9.81. The van der Waals surface area contributed by atoms with E-state index in [4.69, 9.17) is 9.47 Å². The molecule has 0 N–H and O–H groups in total. The number of allylic oxidation sites excluding steroid dienone is 4. The average molecular weight is 541 g/mol. The molecule has 37 heavy (non-hydrogen) atoms. The molecule has 9 nitrogen and oxygen atoms in total. The number of carbonyl (C=O) groups is 1. The number of piperazine rings is 1. The van der Waals surface area contributed by atoms with Crippen LogP contribution in [0.4, 0.5) is 0 Å². The van der Waals surface area contributed by atoms with Crippen LogP contribution in [0.25, 0.3) is 0 Å². The summed E-state index contributed by atoms with van der Waals surface area (Å²) in [5.41, 5.74) is 1.00. The lowest BCUT2D eigenvalue weighted by atomic mass is 10.1. The number of carbonyl (C=O) groups excluding carboxylic acids is 1. The van der Waals surface area contributed by atoms with E-state index in [0.29, 0.717) is 22.9 Å². The lowest BCUT2D eigenvalue weighted by Gasteiger charge is -2.38. The predicted octanol–water partition coefficient (Wildman–Crippen LogP) is 2.68. The fourth-order valence-electron chi connectivity index (χ4n) is 5.19. The molecule has 0 aromatic heterocycles. The van der Waals surface area contributed by atoms with Gasteiger partial charge in [-0.1, -0.05) is 13.5 Å². The monoisotopic (exact) mass is 540 g/mol. The summed E-state index contributed by atoms with van der Waals surface area (Å²) in [5.74, 6) is 0.540. The second-order valence-corrected chi connectivity index (χ2v) is 12.2. The Balaban J connectivity index is 1.83. The van der Waals surface area contributed by atoms with Crippen molar-refractivity contribution in [1.29, 1.82) is 0 Å². The SMILES string of the molecule is C=C(C)C(=C(C)C=C(C)OC)S(=O)(=O)N(C)CCOCC(=O)N(C)C1CCC(N2CCN(CC)CC2)C1. The molecule has 0 radical (unpaired) electrons. The van der Waals surface area contributed by atoms with Gasteiger partial charge >= 0.3 is 0 Å². The molecule has 0 aromatic rings. The highest BCUT2D eigenvalue weighted by Crippen LogP contribution is 2.28. The number of likely N-dealkylation sites (N-methyl/N-ethyl adjacent to an activating group) is 3.